The first-order chi connectivity index (χ1) is 4.68. The summed E-state index contributed by atoms with van der Waals surface area (Å²) in [6, 6.07) is 0. The summed E-state index contributed by atoms with van der Waals surface area (Å²) >= 11 is 0. The summed E-state index contributed by atoms with van der Waals surface area (Å²) in [4.78, 5) is 10.1. The summed E-state index contributed by atoms with van der Waals surface area (Å²) in [5.41, 5.74) is 4.57. The number of rotatable bonds is 3. The molecule has 0 aromatic carbocycles. The monoisotopic (exact) mass is 145 g/mol. The minimum absolute atomic E-state index is 0.199. The van der Waals surface area contributed by atoms with Crippen LogP contribution in [-0.2, 0) is 9.47 Å². The van der Waals surface area contributed by atoms with Crippen molar-refractivity contribution in [3.05, 3.63) is 0 Å². The highest BCUT2D eigenvalue weighted by atomic mass is 16.6. The molecule has 0 atom stereocenters. The van der Waals surface area contributed by atoms with E-state index in [1.165, 1.54) is 0 Å². The lowest BCUT2D eigenvalue weighted by Gasteiger charge is -2.11. The molecule has 0 bridgehead atoms. The number of carbonyl (C=O) groups excluding carboxylic acids is 1. The Bertz CT molecular complexity index is 142. The fourth-order valence-electron chi connectivity index (χ4n) is 0.749. The highest BCUT2D eigenvalue weighted by molar-refractivity contribution is 5.64. The molecule has 1 saturated carbocycles. The number of hydrogen-bond acceptors (Lipinski definition) is 3. The summed E-state index contributed by atoms with van der Waals surface area (Å²) in [6.07, 6.45) is 1.18. The molecule has 0 radical (unpaired) electrons. The minimum Gasteiger partial charge on any atom is -0.447 e. The average Bonchev–Trinajstić information content (AvgIpc) is 2.64. The van der Waals surface area contributed by atoms with Crippen molar-refractivity contribution >= 4 is 6.09 Å². The summed E-state index contributed by atoms with van der Waals surface area (Å²) in [7, 11) is 1.61. The molecule has 4 heteroatoms. The summed E-state index contributed by atoms with van der Waals surface area (Å²) in [5, 5.41) is 0. The van der Waals surface area contributed by atoms with E-state index < -0.39 is 6.09 Å². The van der Waals surface area contributed by atoms with Crippen LogP contribution in [0.25, 0.3) is 0 Å². The molecule has 58 valence electrons. The fraction of sp³-hybridized carbons (Fsp3) is 0.833. The van der Waals surface area contributed by atoms with Crippen LogP contribution < -0.4 is 5.73 Å². The van der Waals surface area contributed by atoms with Gasteiger partial charge < -0.3 is 15.2 Å². The van der Waals surface area contributed by atoms with Gasteiger partial charge in [-0.25, -0.2) is 4.79 Å². The average molecular weight is 145 g/mol. The summed E-state index contributed by atoms with van der Waals surface area (Å²) in [5.74, 6) is 0. The molecule has 0 saturated heterocycles. The lowest BCUT2D eigenvalue weighted by Crippen LogP contribution is -2.24. The molecule has 0 unspecified atom stereocenters. The Kier molecular flexibility index (Phi) is 1.80. The predicted octanol–water partition coefficient (Wildman–Crippen LogP) is 0.261. The third-order valence-electron chi connectivity index (χ3n) is 1.72. The van der Waals surface area contributed by atoms with Crippen LogP contribution in [0, 0.1) is 0 Å². The van der Waals surface area contributed by atoms with E-state index in [4.69, 9.17) is 10.5 Å². The van der Waals surface area contributed by atoms with Gasteiger partial charge in [-0.2, -0.15) is 0 Å². The van der Waals surface area contributed by atoms with Gasteiger partial charge >= 0.3 is 6.09 Å². The summed E-state index contributed by atoms with van der Waals surface area (Å²) in [6.45, 7) is 0.291. The highest BCUT2D eigenvalue weighted by Crippen LogP contribution is 2.38. The Hall–Kier alpha value is -0.770. The van der Waals surface area contributed by atoms with Crippen LogP contribution >= 0.6 is 0 Å². The second-order valence-corrected chi connectivity index (χ2v) is 2.49. The summed E-state index contributed by atoms with van der Waals surface area (Å²) < 4.78 is 9.64. The zero-order valence-corrected chi connectivity index (χ0v) is 5.92. The van der Waals surface area contributed by atoms with E-state index in [0.717, 1.165) is 12.8 Å². The smallest absolute Gasteiger partial charge is 0.404 e. The highest BCUT2D eigenvalue weighted by Gasteiger charge is 2.44. The molecule has 4 nitrogen and oxygen atoms in total. The van der Waals surface area contributed by atoms with Crippen LogP contribution in [0.1, 0.15) is 12.8 Å². The molecule has 0 spiro atoms. The van der Waals surface area contributed by atoms with Crippen LogP contribution in [0.15, 0.2) is 0 Å². The van der Waals surface area contributed by atoms with E-state index in [0.29, 0.717) is 6.61 Å². The lowest BCUT2D eigenvalue weighted by atomic mass is 10.4. The third kappa shape index (κ3) is 1.60. The van der Waals surface area contributed by atoms with Crippen LogP contribution in [0.3, 0.4) is 0 Å². The standard InChI is InChI=1S/C6H11NO3/c1-9-6(2-3-6)4-10-5(7)8/h2-4H2,1H3,(H2,7,8). The number of methoxy groups -OCH3 is 1. The molecule has 1 aliphatic carbocycles. The van der Waals surface area contributed by atoms with Gasteiger partial charge in [-0.3, -0.25) is 0 Å². The van der Waals surface area contributed by atoms with Gasteiger partial charge in [0.15, 0.2) is 0 Å². The van der Waals surface area contributed by atoms with Gasteiger partial charge in [0, 0.05) is 7.11 Å². The van der Waals surface area contributed by atoms with E-state index in [1.807, 2.05) is 0 Å². The molecular formula is C6H11NO3. The van der Waals surface area contributed by atoms with Gasteiger partial charge in [0.2, 0.25) is 0 Å². The maximum Gasteiger partial charge on any atom is 0.404 e. The number of primary amides is 1. The number of nitrogens with two attached hydrogens (primary N) is 1. The van der Waals surface area contributed by atoms with E-state index in [-0.39, 0.29) is 5.60 Å². The molecule has 1 amide bonds. The molecule has 1 aliphatic rings. The zero-order valence-electron chi connectivity index (χ0n) is 5.92. The van der Waals surface area contributed by atoms with Gasteiger partial charge in [0.05, 0.1) is 0 Å². The van der Waals surface area contributed by atoms with E-state index >= 15 is 0 Å². The maximum absolute atomic E-state index is 10.1. The maximum atomic E-state index is 10.1. The Labute approximate surface area is 59.3 Å². The number of carbonyl (C=O) groups is 1. The van der Waals surface area contributed by atoms with Crippen molar-refractivity contribution in [2.24, 2.45) is 5.73 Å². The normalized spacial score (nSPS) is 20.1. The van der Waals surface area contributed by atoms with E-state index in [2.05, 4.69) is 4.74 Å². The second-order valence-electron chi connectivity index (χ2n) is 2.49. The first kappa shape index (κ1) is 7.34. The van der Waals surface area contributed by atoms with Crippen LogP contribution in [0.4, 0.5) is 4.79 Å². The molecular weight excluding hydrogens is 134 g/mol. The van der Waals surface area contributed by atoms with Crippen molar-refractivity contribution in [3.63, 3.8) is 0 Å². The largest absolute Gasteiger partial charge is 0.447 e. The van der Waals surface area contributed by atoms with Gasteiger partial charge in [-0.1, -0.05) is 0 Å². The molecule has 0 aromatic heterocycles. The number of hydrogen-bond donors (Lipinski definition) is 1. The zero-order chi connectivity index (χ0) is 7.61. The quantitative estimate of drug-likeness (QED) is 0.619. The molecule has 0 heterocycles. The fourth-order valence-corrected chi connectivity index (χ4v) is 0.749. The van der Waals surface area contributed by atoms with Gasteiger partial charge in [0.25, 0.3) is 0 Å². The minimum atomic E-state index is -0.733. The van der Waals surface area contributed by atoms with Crippen LogP contribution in [0.5, 0.6) is 0 Å². The van der Waals surface area contributed by atoms with Gasteiger partial charge in [-0.15, -0.1) is 0 Å². The van der Waals surface area contributed by atoms with E-state index in [1.54, 1.807) is 7.11 Å². The molecule has 2 N–H and O–H groups in total. The van der Waals surface area contributed by atoms with E-state index in [9.17, 15) is 4.79 Å². The SMILES string of the molecule is COC1(COC(N)=O)CC1. The van der Waals surface area contributed by atoms with Gasteiger partial charge in [-0.05, 0) is 12.8 Å². The lowest BCUT2D eigenvalue weighted by molar-refractivity contribution is 0.0194. The first-order valence-electron chi connectivity index (χ1n) is 3.16. The van der Waals surface area contributed by atoms with Crippen molar-refractivity contribution in [1.29, 1.82) is 0 Å². The number of ether oxygens (including phenoxy) is 2. The topological polar surface area (TPSA) is 61.6 Å². The second kappa shape index (κ2) is 2.46. The Morgan fingerprint density at radius 2 is 2.30 bits per heavy atom. The molecule has 1 fully saturated rings. The van der Waals surface area contributed by atoms with Crippen molar-refractivity contribution in [1.82, 2.24) is 0 Å². The molecule has 0 aliphatic heterocycles. The van der Waals surface area contributed by atoms with Crippen molar-refractivity contribution in [2.75, 3.05) is 13.7 Å². The van der Waals surface area contributed by atoms with Crippen molar-refractivity contribution < 1.29 is 14.3 Å². The number of amides is 1. The van der Waals surface area contributed by atoms with Crippen LogP contribution in [-0.4, -0.2) is 25.4 Å². The third-order valence-corrected chi connectivity index (χ3v) is 1.72. The van der Waals surface area contributed by atoms with Crippen molar-refractivity contribution in [2.45, 2.75) is 18.4 Å². The Morgan fingerprint density at radius 3 is 2.60 bits per heavy atom. The van der Waals surface area contributed by atoms with Gasteiger partial charge in [0.1, 0.15) is 12.2 Å². The predicted molar refractivity (Wildman–Crippen MR) is 34.5 cm³/mol. The van der Waals surface area contributed by atoms with Crippen LogP contribution in [0.2, 0.25) is 0 Å². The first-order valence-corrected chi connectivity index (χ1v) is 3.16. The Balaban J connectivity index is 2.19. The molecule has 1 rings (SSSR count). The molecule has 0 aromatic rings. The van der Waals surface area contributed by atoms with Crippen molar-refractivity contribution in [3.8, 4) is 0 Å². The molecule has 10 heavy (non-hydrogen) atoms. The Morgan fingerprint density at radius 1 is 1.70 bits per heavy atom.